The number of halogens is 1. The summed E-state index contributed by atoms with van der Waals surface area (Å²) < 4.78 is 29.5. The second-order valence-electron chi connectivity index (χ2n) is 10.3. The van der Waals surface area contributed by atoms with Crippen LogP contribution in [0.2, 0.25) is 5.02 Å². The van der Waals surface area contributed by atoms with E-state index in [1.807, 2.05) is 62.4 Å². The Hall–Kier alpha value is -4.14. The van der Waals surface area contributed by atoms with E-state index in [2.05, 4.69) is 5.32 Å². The predicted octanol–water partition coefficient (Wildman–Crippen LogP) is 5.79. The van der Waals surface area contributed by atoms with Gasteiger partial charge in [-0.15, -0.1) is 0 Å². The van der Waals surface area contributed by atoms with Crippen LogP contribution in [0.3, 0.4) is 0 Å². The Morgan fingerprint density at radius 3 is 2.16 bits per heavy atom. The smallest absolute Gasteiger partial charge is 0.264 e. The number of hydrogen-bond donors (Lipinski definition) is 1. The molecule has 224 valence electrons. The molecule has 0 saturated carbocycles. The van der Waals surface area contributed by atoms with Gasteiger partial charge in [0.25, 0.3) is 10.0 Å². The minimum atomic E-state index is -4.16. The van der Waals surface area contributed by atoms with E-state index in [9.17, 15) is 18.0 Å². The number of sulfonamides is 1. The minimum absolute atomic E-state index is 0.0537. The number of nitrogens with one attached hydrogen (secondary N) is 1. The number of nitrogens with zero attached hydrogens (tertiary/aromatic N) is 2. The number of likely N-dealkylation sites (N-methyl/N-ethyl adjacent to an activating group) is 1. The Kier molecular flexibility index (Phi) is 10.6. The molecule has 2 amide bonds. The summed E-state index contributed by atoms with van der Waals surface area (Å²) in [5.41, 5.74) is 3.68. The first-order chi connectivity index (χ1) is 20.6. The van der Waals surface area contributed by atoms with Gasteiger partial charge in [-0.1, -0.05) is 96.9 Å². The third-order valence-corrected chi connectivity index (χ3v) is 9.30. The molecule has 4 aromatic rings. The monoisotopic (exact) mass is 617 g/mol. The molecule has 9 heteroatoms. The van der Waals surface area contributed by atoms with Gasteiger partial charge in [0.15, 0.2) is 0 Å². The van der Waals surface area contributed by atoms with Crippen LogP contribution in [0.4, 0.5) is 5.69 Å². The Bertz CT molecular complexity index is 1660. The van der Waals surface area contributed by atoms with Crippen LogP contribution in [-0.4, -0.2) is 44.8 Å². The van der Waals surface area contributed by atoms with Gasteiger partial charge < -0.3 is 10.2 Å². The van der Waals surface area contributed by atoms with E-state index in [0.717, 1.165) is 21.0 Å². The number of amides is 2. The van der Waals surface area contributed by atoms with Crippen molar-refractivity contribution in [1.82, 2.24) is 10.2 Å². The molecule has 0 bridgehead atoms. The third kappa shape index (κ3) is 7.83. The maximum Gasteiger partial charge on any atom is 0.264 e. The number of rotatable bonds is 12. The van der Waals surface area contributed by atoms with Crippen molar-refractivity contribution in [1.29, 1.82) is 0 Å². The van der Waals surface area contributed by atoms with E-state index in [0.29, 0.717) is 22.7 Å². The van der Waals surface area contributed by atoms with Gasteiger partial charge in [0.1, 0.15) is 12.6 Å². The van der Waals surface area contributed by atoms with Crippen molar-refractivity contribution < 1.29 is 18.0 Å². The van der Waals surface area contributed by atoms with Crippen molar-refractivity contribution in [3.8, 4) is 0 Å². The maximum absolute atomic E-state index is 14.4. The van der Waals surface area contributed by atoms with Crippen LogP contribution in [0.1, 0.15) is 29.2 Å². The molecule has 7 nitrogen and oxygen atoms in total. The molecule has 4 aromatic carbocycles. The summed E-state index contributed by atoms with van der Waals surface area (Å²) in [6.07, 6.45) is 0.800. The van der Waals surface area contributed by atoms with E-state index in [-0.39, 0.29) is 23.8 Å². The van der Waals surface area contributed by atoms with Crippen molar-refractivity contribution >= 4 is 39.1 Å². The zero-order valence-electron chi connectivity index (χ0n) is 24.5. The molecule has 0 radical (unpaired) electrons. The highest BCUT2D eigenvalue weighted by Crippen LogP contribution is 2.29. The third-order valence-electron chi connectivity index (χ3n) is 7.29. The number of carbonyl (C=O) groups excluding carboxylic acids is 2. The SMILES string of the molecule is CCc1ccccc1N(CC(=O)N(Cc1cccc(Cl)c1)[C@@H](Cc1ccccc1)C(=O)NC)S(=O)(=O)c1ccc(C)cc1. The van der Waals surface area contributed by atoms with Gasteiger partial charge in [0.2, 0.25) is 11.8 Å². The molecule has 1 N–H and O–H groups in total. The molecule has 0 saturated heterocycles. The quantitative estimate of drug-likeness (QED) is 0.218. The first-order valence-corrected chi connectivity index (χ1v) is 15.9. The molecular formula is C34H36ClN3O4S. The van der Waals surface area contributed by atoms with Gasteiger partial charge >= 0.3 is 0 Å². The number of benzene rings is 4. The zero-order chi connectivity index (χ0) is 31.0. The lowest BCUT2D eigenvalue weighted by atomic mass is 10.0. The lowest BCUT2D eigenvalue weighted by Crippen LogP contribution is -2.53. The highest BCUT2D eigenvalue weighted by atomic mass is 35.5. The highest BCUT2D eigenvalue weighted by molar-refractivity contribution is 7.92. The molecule has 0 spiro atoms. The molecule has 0 aliphatic heterocycles. The Morgan fingerprint density at radius 2 is 1.51 bits per heavy atom. The van der Waals surface area contributed by atoms with Crippen LogP contribution < -0.4 is 9.62 Å². The average Bonchev–Trinajstić information content (AvgIpc) is 3.01. The zero-order valence-corrected chi connectivity index (χ0v) is 26.1. The predicted molar refractivity (Wildman–Crippen MR) is 172 cm³/mol. The topological polar surface area (TPSA) is 86.8 Å². The van der Waals surface area contributed by atoms with Crippen LogP contribution >= 0.6 is 11.6 Å². The van der Waals surface area contributed by atoms with E-state index in [1.54, 1.807) is 54.6 Å². The van der Waals surface area contributed by atoms with Crippen LogP contribution in [0, 0.1) is 6.92 Å². The highest BCUT2D eigenvalue weighted by Gasteiger charge is 2.34. The van der Waals surface area contributed by atoms with E-state index in [1.165, 1.54) is 11.9 Å². The van der Waals surface area contributed by atoms with Crippen LogP contribution in [0.5, 0.6) is 0 Å². The molecule has 1 atom stereocenters. The molecule has 43 heavy (non-hydrogen) atoms. The van der Waals surface area contributed by atoms with Crippen LogP contribution in [0.15, 0.2) is 108 Å². The van der Waals surface area contributed by atoms with Gasteiger partial charge in [0, 0.05) is 25.0 Å². The molecule has 0 aliphatic rings. The molecule has 0 unspecified atom stereocenters. The lowest BCUT2D eigenvalue weighted by molar-refractivity contribution is -0.139. The fourth-order valence-electron chi connectivity index (χ4n) is 4.96. The molecule has 0 heterocycles. The standard InChI is InChI=1S/C34H36ClN3O4S/c1-4-28-14-8-9-16-31(28)38(43(41,42)30-19-17-25(2)18-20-30)24-33(39)37(23-27-13-10-15-29(35)21-27)32(34(40)36-3)22-26-11-6-5-7-12-26/h5-21,32H,4,22-24H2,1-3H3,(H,36,40)/t32-/m0/s1. The van der Waals surface area contributed by atoms with E-state index in [4.69, 9.17) is 11.6 Å². The molecule has 0 aliphatic carbocycles. The summed E-state index contributed by atoms with van der Waals surface area (Å²) in [5, 5.41) is 3.18. The summed E-state index contributed by atoms with van der Waals surface area (Å²) in [4.78, 5) is 29.3. The number of aryl methyl sites for hydroxylation is 2. The summed E-state index contributed by atoms with van der Waals surface area (Å²) in [6, 6.07) is 29.3. The van der Waals surface area contributed by atoms with Crippen LogP contribution in [-0.2, 0) is 39.0 Å². The van der Waals surface area contributed by atoms with Gasteiger partial charge in [-0.2, -0.15) is 0 Å². The fourth-order valence-corrected chi connectivity index (χ4v) is 6.62. The number of anilines is 1. The lowest BCUT2D eigenvalue weighted by Gasteiger charge is -2.34. The van der Waals surface area contributed by atoms with Gasteiger partial charge in [-0.3, -0.25) is 13.9 Å². The number of hydrogen-bond acceptors (Lipinski definition) is 4. The van der Waals surface area contributed by atoms with Crippen molar-refractivity contribution in [2.75, 3.05) is 17.9 Å². The molecule has 4 rings (SSSR count). The number of para-hydroxylation sites is 1. The summed E-state index contributed by atoms with van der Waals surface area (Å²) in [6.45, 7) is 3.36. The second kappa shape index (κ2) is 14.4. The summed E-state index contributed by atoms with van der Waals surface area (Å²) in [7, 11) is -2.64. The Balaban J connectivity index is 1.81. The van der Waals surface area contributed by atoms with Gasteiger partial charge in [0.05, 0.1) is 10.6 Å². The maximum atomic E-state index is 14.4. The van der Waals surface area contributed by atoms with Gasteiger partial charge in [-0.05, 0) is 60.4 Å². The largest absolute Gasteiger partial charge is 0.357 e. The van der Waals surface area contributed by atoms with Crippen molar-refractivity contribution in [3.63, 3.8) is 0 Å². The van der Waals surface area contributed by atoms with Crippen molar-refractivity contribution in [3.05, 3.63) is 130 Å². The Morgan fingerprint density at radius 1 is 0.860 bits per heavy atom. The first-order valence-electron chi connectivity index (χ1n) is 14.1. The minimum Gasteiger partial charge on any atom is -0.357 e. The van der Waals surface area contributed by atoms with Crippen LogP contribution in [0.25, 0.3) is 0 Å². The normalized spacial score (nSPS) is 11.9. The molecule has 0 fully saturated rings. The van der Waals surface area contributed by atoms with E-state index >= 15 is 0 Å². The van der Waals surface area contributed by atoms with E-state index < -0.39 is 28.5 Å². The first kappa shape index (κ1) is 31.8. The molecule has 0 aromatic heterocycles. The summed E-state index contributed by atoms with van der Waals surface area (Å²) >= 11 is 6.27. The van der Waals surface area contributed by atoms with Crippen molar-refractivity contribution in [2.24, 2.45) is 0 Å². The van der Waals surface area contributed by atoms with Crippen molar-refractivity contribution in [2.45, 2.75) is 44.2 Å². The summed E-state index contributed by atoms with van der Waals surface area (Å²) in [5.74, 6) is -0.882. The number of carbonyl (C=O) groups is 2. The average molecular weight is 618 g/mol. The fraction of sp³-hybridized carbons (Fsp3) is 0.235. The second-order valence-corrected chi connectivity index (χ2v) is 12.6. The van der Waals surface area contributed by atoms with Gasteiger partial charge in [-0.25, -0.2) is 8.42 Å². The Labute approximate surface area is 259 Å². The molecular weight excluding hydrogens is 582 g/mol.